The number of rotatable bonds is 6. The molecule has 1 aliphatic rings. The third kappa shape index (κ3) is 4.06. The van der Waals surface area contributed by atoms with E-state index in [4.69, 9.17) is 0 Å². The lowest BCUT2D eigenvalue weighted by Crippen LogP contribution is -2.31. The zero-order valence-corrected chi connectivity index (χ0v) is 13.7. The van der Waals surface area contributed by atoms with E-state index in [1.165, 1.54) is 25.9 Å². The van der Waals surface area contributed by atoms with Crippen LogP contribution in [0.2, 0.25) is 0 Å². The summed E-state index contributed by atoms with van der Waals surface area (Å²) in [4.78, 5) is 14.7. The van der Waals surface area contributed by atoms with Crippen LogP contribution < -0.4 is 5.32 Å². The van der Waals surface area contributed by atoms with Crippen LogP contribution in [0.25, 0.3) is 0 Å². The van der Waals surface area contributed by atoms with Crippen LogP contribution in [0.1, 0.15) is 35.7 Å². The zero-order chi connectivity index (χ0) is 14.4. The van der Waals surface area contributed by atoms with Crippen LogP contribution in [0, 0.1) is 5.92 Å². The summed E-state index contributed by atoms with van der Waals surface area (Å²) in [7, 11) is 0. The lowest BCUT2D eigenvalue weighted by Gasteiger charge is -2.15. The molecule has 1 aromatic carbocycles. The summed E-state index contributed by atoms with van der Waals surface area (Å²) < 4.78 is 0. The van der Waals surface area contributed by atoms with Gasteiger partial charge in [0.15, 0.2) is 0 Å². The van der Waals surface area contributed by atoms with E-state index in [2.05, 4.69) is 33.1 Å². The lowest BCUT2D eigenvalue weighted by molar-refractivity contribution is 0.0946. The van der Waals surface area contributed by atoms with Crippen molar-refractivity contribution in [3.05, 3.63) is 35.4 Å². The first-order chi connectivity index (χ1) is 9.74. The molecule has 0 bridgehead atoms. The fraction of sp³-hybridized carbons (Fsp3) is 0.562. The fourth-order valence-electron chi connectivity index (χ4n) is 2.79. The number of hydrogen-bond donors (Lipinski definition) is 1. The van der Waals surface area contributed by atoms with Gasteiger partial charge in [-0.15, -0.1) is 0 Å². The van der Waals surface area contributed by atoms with Gasteiger partial charge in [-0.2, -0.15) is 0 Å². The van der Waals surface area contributed by atoms with Gasteiger partial charge in [-0.25, -0.2) is 0 Å². The van der Waals surface area contributed by atoms with Gasteiger partial charge >= 0.3 is 0 Å². The molecule has 4 heteroatoms. The van der Waals surface area contributed by atoms with Crippen LogP contribution in [-0.2, 0) is 5.33 Å². The molecule has 1 amide bonds. The van der Waals surface area contributed by atoms with Gasteiger partial charge in [0.05, 0.1) is 0 Å². The lowest BCUT2D eigenvalue weighted by atomic mass is 10.1. The first kappa shape index (κ1) is 15.5. The molecule has 1 heterocycles. The number of likely N-dealkylation sites (tertiary alicyclic amines) is 1. The number of carbonyl (C=O) groups excluding carboxylic acids is 1. The Morgan fingerprint density at radius 3 is 3.00 bits per heavy atom. The fourth-order valence-corrected chi connectivity index (χ4v) is 3.28. The standard InChI is InChI=1S/C16H23BrN2O/c1-2-8-19-9-7-13(12-19)11-18-16(20)15-6-4-3-5-14(15)10-17/h3-6,13H,2,7-12H2,1H3,(H,18,20). The Balaban J connectivity index is 1.84. The summed E-state index contributed by atoms with van der Waals surface area (Å²) in [5.41, 5.74) is 1.83. The van der Waals surface area contributed by atoms with E-state index in [1.54, 1.807) is 0 Å². The smallest absolute Gasteiger partial charge is 0.251 e. The van der Waals surface area contributed by atoms with Crippen molar-refractivity contribution in [3.8, 4) is 0 Å². The molecule has 1 atom stereocenters. The minimum Gasteiger partial charge on any atom is -0.352 e. The highest BCUT2D eigenvalue weighted by molar-refractivity contribution is 9.08. The van der Waals surface area contributed by atoms with Gasteiger partial charge in [-0.05, 0) is 43.5 Å². The Hall–Kier alpha value is -0.870. The summed E-state index contributed by atoms with van der Waals surface area (Å²) >= 11 is 3.43. The van der Waals surface area contributed by atoms with Crippen molar-refractivity contribution >= 4 is 21.8 Å². The molecule has 0 radical (unpaired) electrons. The molecule has 0 aromatic heterocycles. The van der Waals surface area contributed by atoms with Crippen molar-refractivity contribution in [2.75, 3.05) is 26.2 Å². The molecule has 20 heavy (non-hydrogen) atoms. The van der Waals surface area contributed by atoms with Gasteiger partial charge in [-0.1, -0.05) is 41.1 Å². The number of benzene rings is 1. The minimum absolute atomic E-state index is 0.0500. The van der Waals surface area contributed by atoms with E-state index in [9.17, 15) is 4.79 Å². The van der Waals surface area contributed by atoms with Crippen LogP contribution in [0.4, 0.5) is 0 Å². The second-order valence-corrected chi connectivity index (χ2v) is 6.02. The summed E-state index contributed by atoms with van der Waals surface area (Å²) in [5, 5.41) is 3.80. The largest absolute Gasteiger partial charge is 0.352 e. The van der Waals surface area contributed by atoms with Crippen molar-refractivity contribution in [1.82, 2.24) is 10.2 Å². The molecule has 1 fully saturated rings. The first-order valence-electron chi connectivity index (χ1n) is 7.39. The molecule has 0 saturated carbocycles. The van der Waals surface area contributed by atoms with Crippen LogP contribution >= 0.6 is 15.9 Å². The summed E-state index contributed by atoms with van der Waals surface area (Å²) in [6.07, 6.45) is 2.40. The summed E-state index contributed by atoms with van der Waals surface area (Å²) in [5.74, 6) is 0.649. The monoisotopic (exact) mass is 338 g/mol. The molecule has 110 valence electrons. The molecule has 1 unspecified atom stereocenters. The highest BCUT2D eigenvalue weighted by Crippen LogP contribution is 2.16. The van der Waals surface area contributed by atoms with Gasteiger partial charge in [0.2, 0.25) is 0 Å². The van der Waals surface area contributed by atoms with Crippen molar-refractivity contribution in [2.24, 2.45) is 5.92 Å². The predicted octanol–water partition coefficient (Wildman–Crippen LogP) is 3.04. The molecule has 0 spiro atoms. The quantitative estimate of drug-likeness (QED) is 0.808. The van der Waals surface area contributed by atoms with Crippen molar-refractivity contribution in [3.63, 3.8) is 0 Å². The van der Waals surface area contributed by atoms with Crippen LogP contribution in [-0.4, -0.2) is 37.0 Å². The maximum absolute atomic E-state index is 12.2. The molecular formula is C16H23BrN2O. The van der Waals surface area contributed by atoms with Gasteiger partial charge in [-0.3, -0.25) is 4.79 Å². The SMILES string of the molecule is CCCN1CCC(CNC(=O)c2ccccc2CBr)C1. The van der Waals surface area contributed by atoms with E-state index < -0.39 is 0 Å². The summed E-state index contributed by atoms with van der Waals surface area (Å²) in [6, 6.07) is 7.76. The van der Waals surface area contributed by atoms with E-state index in [1.807, 2.05) is 24.3 Å². The number of hydrogen-bond acceptors (Lipinski definition) is 2. The topological polar surface area (TPSA) is 32.3 Å². The Kier molecular flexibility index (Phi) is 6.05. The van der Waals surface area contributed by atoms with E-state index in [0.29, 0.717) is 11.2 Å². The third-order valence-corrected chi connectivity index (χ3v) is 4.47. The number of amides is 1. The Bertz CT molecular complexity index is 450. The molecule has 1 saturated heterocycles. The Morgan fingerprint density at radius 2 is 2.25 bits per heavy atom. The average Bonchev–Trinajstić information content (AvgIpc) is 2.93. The zero-order valence-electron chi connectivity index (χ0n) is 12.1. The molecular weight excluding hydrogens is 316 g/mol. The average molecular weight is 339 g/mol. The van der Waals surface area contributed by atoms with E-state index in [-0.39, 0.29) is 5.91 Å². The molecule has 0 aliphatic carbocycles. The number of nitrogens with zero attached hydrogens (tertiary/aromatic N) is 1. The van der Waals surface area contributed by atoms with Crippen LogP contribution in [0.5, 0.6) is 0 Å². The van der Waals surface area contributed by atoms with Crippen molar-refractivity contribution in [1.29, 1.82) is 0 Å². The van der Waals surface area contributed by atoms with Gasteiger partial charge in [0.1, 0.15) is 0 Å². The molecule has 3 nitrogen and oxygen atoms in total. The maximum Gasteiger partial charge on any atom is 0.251 e. The van der Waals surface area contributed by atoms with Gasteiger partial charge in [0, 0.05) is 24.0 Å². The highest BCUT2D eigenvalue weighted by Gasteiger charge is 2.22. The molecule has 1 N–H and O–H groups in total. The Labute approximate surface area is 129 Å². The number of halogens is 1. The molecule has 1 aliphatic heterocycles. The van der Waals surface area contributed by atoms with E-state index in [0.717, 1.165) is 24.2 Å². The van der Waals surface area contributed by atoms with Gasteiger partial charge < -0.3 is 10.2 Å². The van der Waals surface area contributed by atoms with Crippen molar-refractivity contribution in [2.45, 2.75) is 25.1 Å². The highest BCUT2D eigenvalue weighted by atomic mass is 79.9. The number of alkyl halides is 1. The van der Waals surface area contributed by atoms with E-state index >= 15 is 0 Å². The van der Waals surface area contributed by atoms with Crippen molar-refractivity contribution < 1.29 is 4.79 Å². The number of nitrogens with one attached hydrogen (secondary N) is 1. The molecule has 1 aromatic rings. The minimum atomic E-state index is 0.0500. The molecule has 2 rings (SSSR count). The van der Waals surface area contributed by atoms with Crippen LogP contribution in [0.15, 0.2) is 24.3 Å². The van der Waals surface area contributed by atoms with Gasteiger partial charge in [0.25, 0.3) is 5.91 Å². The Morgan fingerprint density at radius 1 is 1.45 bits per heavy atom. The normalized spacial score (nSPS) is 19.2. The third-order valence-electron chi connectivity index (χ3n) is 3.87. The second kappa shape index (κ2) is 7.79. The van der Waals surface area contributed by atoms with Crippen LogP contribution in [0.3, 0.4) is 0 Å². The number of carbonyl (C=O) groups is 1. The summed E-state index contributed by atoms with van der Waals surface area (Å²) in [6.45, 7) is 6.47. The predicted molar refractivity (Wildman–Crippen MR) is 86.2 cm³/mol. The maximum atomic E-state index is 12.2. The second-order valence-electron chi connectivity index (χ2n) is 5.46. The first-order valence-corrected chi connectivity index (χ1v) is 8.51.